The van der Waals surface area contributed by atoms with E-state index in [4.69, 9.17) is 0 Å². The largest absolute Gasteiger partial charge is 0.481 e. The fourth-order valence-electron chi connectivity index (χ4n) is 4.13. The molecule has 1 heterocycles. The lowest BCUT2D eigenvalue weighted by molar-refractivity contribution is -0.181. The van der Waals surface area contributed by atoms with Crippen molar-refractivity contribution < 1.29 is 19.5 Å². The Kier molecular flexibility index (Phi) is 2.42. The van der Waals surface area contributed by atoms with Gasteiger partial charge in [0, 0.05) is 17.9 Å². The lowest BCUT2D eigenvalue weighted by Crippen LogP contribution is -2.63. The van der Waals surface area contributed by atoms with E-state index in [-0.39, 0.29) is 11.8 Å². The van der Waals surface area contributed by atoms with E-state index in [1.165, 1.54) is 11.9 Å². The zero-order valence-electron chi connectivity index (χ0n) is 11.2. The SMILES string of the molecule is CN1C(=O)[C@@]2(C)CC(C)(C(=O)O)C[C@](C)(C2)C1=O. The number of aliphatic carboxylic acids is 1. The van der Waals surface area contributed by atoms with E-state index in [2.05, 4.69) is 0 Å². The van der Waals surface area contributed by atoms with E-state index >= 15 is 0 Å². The summed E-state index contributed by atoms with van der Waals surface area (Å²) in [4.78, 5) is 37.1. The van der Waals surface area contributed by atoms with Gasteiger partial charge in [0.2, 0.25) is 11.8 Å². The van der Waals surface area contributed by atoms with Crippen LogP contribution in [0.3, 0.4) is 0 Å². The minimum absolute atomic E-state index is 0.253. The zero-order chi connectivity index (χ0) is 13.9. The molecule has 1 unspecified atom stereocenters. The number of likely N-dealkylation sites (tertiary alicyclic amines) is 1. The highest BCUT2D eigenvalue weighted by Crippen LogP contribution is 2.58. The predicted molar refractivity (Wildman–Crippen MR) is 63.6 cm³/mol. The summed E-state index contributed by atoms with van der Waals surface area (Å²) in [6, 6.07) is 0. The average molecular weight is 253 g/mol. The summed E-state index contributed by atoms with van der Waals surface area (Å²) in [5.41, 5.74) is -2.50. The van der Waals surface area contributed by atoms with Crippen LogP contribution in [0.1, 0.15) is 40.0 Å². The molecule has 0 radical (unpaired) electrons. The first kappa shape index (κ1) is 13.1. The molecule has 1 N–H and O–H groups in total. The molecule has 1 saturated carbocycles. The molecule has 0 aromatic carbocycles. The van der Waals surface area contributed by atoms with E-state index in [9.17, 15) is 19.5 Å². The van der Waals surface area contributed by atoms with Crippen molar-refractivity contribution in [2.24, 2.45) is 16.2 Å². The maximum Gasteiger partial charge on any atom is 0.309 e. The summed E-state index contributed by atoms with van der Waals surface area (Å²) in [6.07, 6.45) is 1.04. The quantitative estimate of drug-likeness (QED) is 0.714. The molecule has 1 aliphatic carbocycles. The smallest absolute Gasteiger partial charge is 0.309 e. The number of amides is 2. The molecule has 2 amide bonds. The van der Waals surface area contributed by atoms with Crippen LogP contribution in [-0.4, -0.2) is 34.8 Å². The lowest BCUT2D eigenvalue weighted by Gasteiger charge is -2.54. The molecule has 100 valence electrons. The van der Waals surface area contributed by atoms with E-state index in [1.54, 1.807) is 20.8 Å². The summed E-state index contributed by atoms with van der Waals surface area (Å²) in [5, 5.41) is 9.38. The Morgan fingerprint density at radius 2 is 1.44 bits per heavy atom. The third-order valence-electron chi connectivity index (χ3n) is 4.50. The van der Waals surface area contributed by atoms with Crippen LogP contribution in [0.2, 0.25) is 0 Å². The summed E-state index contributed by atoms with van der Waals surface area (Å²) >= 11 is 0. The van der Waals surface area contributed by atoms with Crippen molar-refractivity contribution >= 4 is 17.8 Å². The van der Waals surface area contributed by atoms with Gasteiger partial charge in [0.15, 0.2) is 0 Å². The van der Waals surface area contributed by atoms with Gasteiger partial charge < -0.3 is 5.11 Å². The van der Waals surface area contributed by atoms with Crippen molar-refractivity contribution in [2.45, 2.75) is 40.0 Å². The fourth-order valence-corrected chi connectivity index (χ4v) is 4.13. The third-order valence-corrected chi connectivity index (χ3v) is 4.50. The second-order valence-corrected chi connectivity index (χ2v) is 6.69. The van der Waals surface area contributed by atoms with Gasteiger partial charge in [-0.1, -0.05) is 13.8 Å². The first-order chi connectivity index (χ1) is 8.04. The van der Waals surface area contributed by atoms with E-state index < -0.39 is 22.2 Å². The van der Waals surface area contributed by atoms with Crippen LogP contribution in [0.4, 0.5) is 0 Å². The minimum Gasteiger partial charge on any atom is -0.481 e. The Labute approximate surface area is 106 Å². The van der Waals surface area contributed by atoms with Gasteiger partial charge in [-0.2, -0.15) is 0 Å². The summed E-state index contributed by atoms with van der Waals surface area (Å²) in [6.45, 7) is 5.19. The average Bonchev–Trinajstić information content (AvgIpc) is 2.22. The van der Waals surface area contributed by atoms with Gasteiger partial charge in [-0.05, 0) is 26.2 Å². The molecule has 0 aromatic heterocycles. The fraction of sp³-hybridized carbons (Fsp3) is 0.769. The number of carboxylic acids is 1. The minimum atomic E-state index is -1.01. The molecule has 0 aromatic rings. The molecule has 2 fully saturated rings. The lowest BCUT2D eigenvalue weighted by atomic mass is 9.52. The monoisotopic (exact) mass is 253 g/mol. The Balaban J connectivity index is 2.53. The first-order valence-electron chi connectivity index (χ1n) is 6.10. The number of rotatable bonds is 1. The van der Waals surface area contributed by atoms with Gasteiger partial charge in [-0.15, -0.1) is 0 Å². The van der Waals surface area contributed by atoms with Crippen LogP contribution >= 0.6 is 0 Å². The normalized spacial score (nSPS) is 44.1. The van der Waals surface area contributed by atoms with Crippen LogP contribution in [0.5, 0.6) is 0 Å². The number of carboxylic acid groups (broad SMARTS) is 1. The molecule has 18 heavy (non-hydrogen) atoms. The van der Waals surface area contributed by atoms with Crippen molar-refractivity contribution in [2.75, 3.05) is 7.05 Å². The molecule has 0 spiro atoms. The number of hydrogen-bond donors (Lipinski definition) is 1. The highest BCUT2D eigenvalue weighted by atomic mass is 16.4. The molecular formula is C13H19NO4. The van der Waals surface area contributed by atoms with Crippen molar-refractivity contribution in [1.29, 1.82) is 0 Å². The van der Waals surface area contributed by atoms with Crippen molar-refractivity contribution in [3.63, 3.8) is 0 Å². The van der Waals surface area contributed by atoms with Gasteiger partial charge in [0.25, 0.3) is 0 Å². The maximum absolute atomic E-state index is 12.2. The van der Waals surface area contributed by atoms with Crippen LogP contribution in [0.25, 0.3) is 0 Å². The molecule has 1 aliphatic heterocycles. The highest BCUT2D eigenvalue weighted by molar-refractivity contribution is 6.04. The topological polar surface area (TPSA) is 74.7 Å². The summed E-state index contributed by atoms with van der Waals surface area (Å²) in [5.74, 6) is -1.43. The van der Waals surface area contributed by atoms with Crippen LogP contribution in [0, 0.1) is 16.2 Å². The molecule has 5 heteroatoms. The van der Waals surface area contributed by atoms with Crippen molar-refractivity contribution in [3.05, 3.63) is 0 Å². The zero-order valence-corrected chi connectivity index (χ0v) is 11.2. The number of nitrogens with zero attached hydrogens (tertiary/aromatic N) is 1. The van der Waals surface area contributed by atoms with Gasteiger partial charge in [0.1, 0.15) is 0 Å². The number of fused-ring (bicyclic) bond motifs is 2. The van der Waals surface area contributed by atoms with Crippen LogP contribution in [0.15, 0.2) is 0 Å². The Hall–Kier alpha value is -1.39. The highest BCUT2D eigenvalue weighted by Gasteiger charge is 2.62. The van der Waals surface area contributed by atoms with E-state index in [0.29, 0.717) is 19.3 Å². The summed E-state index contributed by atoms with van der Waals surface area (Å²) < 4.78 is 0. The molecule has 2 rings (SSSR count). The van der Waals surface area contributed by atoms with Gasteiger partial charge in [-0.3, -0.25) is 19.3 Å². The van der Waals surface area contributed by atoms with Crippen LogP contribution in [-0.2, 0) is 14.4 Å². The van der Waals surface area contributed by atoms with Crippen molar-refractivity contribution in [3.8, 4) is 0 Å². The standard InChI is InChI=1S/C13H19NO4/c1-11-5-12(2,9(16)14(4)8(11)15)7-13(3,6-11)10(17)18/h5-7H2,1-4H3,(H,17,18)/t11-,12+,13?. The number of carbonyl (C=O) groups excluding carboxylic acids is 2. The maximum atomic E-state index is 12.2. The molecule has 2 aliphatic rings. The number of carbonyl (C=O) groups is 3. The van der Waals surface area contributed by atoms with E-state index in [1.807, 2.05) is 0 Å². The molecule has 3 atom stereocenters. The van der Waals surface area contributed by atoms with Crippen LogP contribution < -0.4 is 0 Å². The third kappa shape index (κ3) is 1.49. The van der Waals surface area contributed by atoms with Gasteiger partial charge in [-0.25, -0.2) is 0 Å². The Morgan fingerprint density at radius 1 is 1.06 bits per heavy atom. The first-order valence-corrected chi connectivity index (χ1v) is 6.10. The number of hydrogen-bond acceptors (Lipinski definition) is 3. The Morgan fingerprint density at radius 3 is 1.78 bits per heavy atom. The van der Waals surface area contributed by atoms with E-state index in [0.717, 1.165) is 0 Å². The second kappa shape index (κ2) is 3.33. The van der Waals surface area contributed by atoms with Crippen molar-refractivity contribution in [1.82, 2.24) is 4.90 Å². The number of piperidine rings is 1. The number of imide groups is 1. The second-order valence-electron chi connectivity index (χ2n) is 6.69. The molecule has 5 nitrogen and oxygen atoms in total. The Bertz CT molecular complexity index is 428. The molecular weight excluding hydrogens is 234 g/mol. The van der Waals surface area contributed by atoms with Gasteiger partial charge in [0.05, 0.1) is 5.41 Å². The molecule has 2 bridgehead atoms. The van der Waals surface area contributed by atoms with Gasteiger partial charge >= 0.3 is 5.97 Å². The summed E-state index contributed by atoms with van der Waals surface area (Å²) in [7, 11) is 1.49. The predicted octanol–water partition coefficient (Wildman–Crippen LogP) is 1.27. The molecule has 1 saturated heterocycles.